The topological polar surface area (TPSA) is 38.1 Å². The molecule has 0 saturated carbocycles. The van der Waals surface area contributed by atoms with Crippen LogP contribution in [-0.4, -0.2) is 26.9 Å². The van der Waals surface area contributed by atoms with Gasteiger partial charge in [0.05, 0.1) is 12.2 Å². The van der Waals surface area contributed by atoms with Gasteiger partial charge in [-0.25, -0.2) is 18.2 Å². The molecule has 1 unspecified atom stereocenters. The second kappa shape index (κ2) is 6.29. The van der Waals surface area contributed by atoms with Crippen LogP contribution < -0.4 is 0 Å². The standard InChI is InChI=1S/C15H12Cl2F3N3O/c1-22-11(14(16)21-15(22)17)6-23-5-7(2-12(23)24)9-3-8(18)4-10(19)13(9)20/h3-4,7H,2,5-6H2,1H3. The highest BCUT2D eigenvalue weighted by Gasteiger charge is 2.34. The third kappa shape index (κ3) is 2.98. The zero-order chi connectivity index (χ0) is 17.6. The summed E-state index contributed by atoms with van der Waals surface area (Å²) >= 11 is 11.9. The van der Waals surface area contributed by atoms with Gasteiger partial charge in [0, 0.05) is 32.0 Å². The number of amides is 1. The van der Waals surface area contributed by atoms with E-state index in [1.165, 1.54) is 9.47 Å². The lowest BCUT2D eigenvalue weighted by Gasteiger charge is -2.17. The molecular formula is C15H12Cl2F3N3O. The normalized spacial score (nSPS) is 17.8. The summed E-state index contributed by atoms with van der Waals surface area (Å²) in [6.45, 7) is 0.252. The van der Waals surface area contributed by atoms with Crippen molar-refractivity contribution >= 4 is 29.1 Å². The van der Waals surface area contributed by atoms with Crippen LogP contribution in [-0.2, 0) is 18.4 Å². The second-order valence-corrected chi connectivity index (χ2v) is 6.34. The molecule has 1 aromatic carbocycles. The summed E-state index contributed by atoms with van der Waals surface area (Å²) in [5, 5.41) is 0.346. The molecular weight excluding hydrogens is 366 g/mol. The van der Waals surface area contributed by atoms with Crippen LogP contribution in [0.1, 0.15) is 23.6 Å². The first-order chi connectivity index (χ1) is 11.3. The van der Waals surface area contributed by atoms with E-state index in [-0.39, 0.29) is 41.4 Å². The van der Waals surface area contributed by atoms with Crippen LogP contribution in [0.25, 0.3) is 0 Å². The number of nitrogens with zero attached hydrogens (tertiary/aromatic N) is 3. The first-order valence-electron chi connectivity index (χ1n) is 7.06. The van der Waals surface area contributed by atoms with Gasteiger partial charge in [-0.05, 0) is 23.2 Å². The van der Waals surface area contributed by atoms with Crippen LogP contribution in [0.2, 0.25) is 10.4 Å². The number of hydrogen-bond acceptors (Lipinski definition) is 2. The molecule has 1 amide bonds. The predicted molar refractivity (Wildman–Crippen MR) is 82.3 cm³/mol. The van der Waals surface area contributed by atoms with Gasteiger partial charge in [-0.15, -0.1) is 0 Å². The third-order valence-corrected chi connectivity index (χ3v) is 4.77. The maximum Gasteiger partial charge on any atom is 0.223 e. The van der Waals surface area contributed by atoms with E-state index in [1.807, 2.05) is 0 Å². The fourth-order valence-corrected chi connectivity index (χ4v) is 3.33. The van der Waals surface area contributed by atoms with E-state index in [0.29, 0.717) is 11.8 Å². The Morgan fingerprint density at radius 1 is 1.29 bits per heavy atom. The molecule has 1 saturated heterocycles. The van der Waals surface area contributed by atoms with Gasteiger partial charge in [0.1, 0.15) is 5.82 Å². The summed E-state index contributed by atoms with van der Waals surface area (Å²) in [5.41, 5.74) is 0.388. The van der Waals surface area contributed by atoms with Crippen molar-refractivity contribution in [2.75, 3.05) is 6.54 Å². The smallest absolute Gasteiger partial charge is 0.223 e. The van der Waals surface area contributed by atoms with Crippen LogP contribution >= 0.6 is 23.2 Å². The third-order valence-electron chi connectivity index (χ3n) is 4.13. The van der Waals surface area contributed by atoms with Crippen molar-refractivity contribution in [3.05, 3.63) is 51.3 Å². The molecule has 1 aromatic heterocycles. The summed E-state index contributed by atoms with van der Waals surface area (Å²) < 4.78 is 42.2. The van der Waals surface area contributed by atoms with Crippen molar-refractivity contribution in [3.8, 4) is 0 Å². The fourth-order valence-electron chi connectivity index (χ4n) is 2.83. The average Bonchev–Trinajstić information content (AvgIpc) is 2.98. The summed E-state index contributed by atoms with van der Waals surface area (Å²) in [6, 6.07) is 1.40. The second-order valence-electron chi connectivity index (χ2n) is 5.64. The maximum atomic E-state index is 13.9. The van der Waals surface area contributed by atoms with Crippen molar-refractivity contribution in [2.45, 2.75) is 18.9 Å². The van der Waals surface area contributed by atoms with Crippen molar-refractivity contribution in [3.63, 3.8) is 0 Å². The highest BCUT2D eigenvalue weighted by atomic mass is 35.5. The molecule has 1 aliphatic heterocycles. The Labute approximate surface area is 145 Å². The van der Waals surface area contributed by atoms with Crippen molar-refractivity contribution in [1.29, 1.82) is 0 Å². The van der Waals surface area contributed by atoms with E-state index in [4.69, 9.17) is 23.2 Å². The summed E-state index contributed by atoms with van der Waals surface area (Å²) in [6.07, 6.45) is -0.0387. The van der Waals surface area contributed by atoms with Crippen LogP contribution in [0.5, 0.6) is 0 Å². The molecule has 9 heteroatoms. The van der Waals surface area contributed by atoms with Gasteiger partial charge in [-0.2, -0.15) is 0 Å². The summed E-state index contributed by atoms with van der Waals surface area (Å²) in [4.78, 5) is 17.5. The van der Waals surface area contributed by atoms with Gasteiger partial charge in [-0.3, -0.25) is 4.79 Å². The van der Waals surface area contributed by atoms with Gasteiger partial charge in [-0.1, -0.05) is 11.6 Å². The van der Waals surface area contributed by atoms with Crippen LogP contribution in [0, 0.1) is 17.5 Å². The van der Waals surface area contributed by atoms with E-state index in [9.17, 15) is 18.0 Å². The monoisotopic (exact) mass is 377 g/mol. The molecule has 24 heavy (non-hydrogen) atoms. The number of rotatable bonds is 3. The fraction of sp³-hybridized carbons (Fsp3) is 0.333. The zero-order valence-electron chi connectivity index (χ0n) is 12.5. The Morgan fingerprint density at radius 3 is 2.62 bits per heavy atom. The number of imidazole rings is 1. The van der Waals surface area contributed by atoms with Crippen LogP contribution in [0.4, 0.5) is 13.2 Å². The van der Waals surface area contributed by atoms with Gasteiger partial charge < -0.3 is 9.47 Å². The van der Waals surface area contributed by atoms with E-state index in [2.05, 4.69) is 4.98 Å². The molecule has 0 aliphatic carbocycles. The number of likely N-dealkylation sites (tertiary alicyclic amines) is 1. The summed E-state index contributed by atoms with van der Waals surface area (Å²) in [5.74, 6) is -4.17. The first kappa shape index (κ1) is 17.1. The lowest BCUT2D eigenvalue weighted by Crippen LogP contribution is -2.25. The zero-order valence-corrected chi connectivity index (χ0v) is 14.0. The van der Waals surface area contributed by atoms with Crippen molar-refractivity contribution in [2.24, 2.45) is 7.05 Å². The molecule has 0 spiro atoms. The molecule has 1 aliphatic rings. The predicted octanol–water partition coefficient (Wildman–Crippen LogP) is 3.66. The quantitative estimate of drug-likeness (QED) is 0.765. The molecule has 1 atom stereocenters. The Kier molecular flexibility index (Phi) is 4.48. The Balaban J connectivity index is 1.84. The lowest BCUT2D eigenvalue weighted by atomic mass is 9.97. The minimum Gasteiger partial charge on any atom is -0.336 e. The maximum absolute atomic E-state index is 13.9. The number of hydrogen-bond donors (Lipinski definition) is 0. The van der Waals surface area contributed by atoms with Gasteiger partial charge in [0.15, 0.2) is 16.8 Å². The van der Waals surface area contributed by atoms with E-state index in [1.54, 1.807) is 7.05 Å². The summed E-state index contributed by atoms with van der Waals surface area (Å²) in [7, 11) is 1.65. The number of carbonyl (C=O) groups is 1. The highest BCUT2D eigenvalue weighted by molar-refractivity contribution is 6.32. The molecule has 2 aromatic rings. The van der Waals surface area contributed by atoms with Gasteiger partial charge >= 0.3 is 0 Å². The van der Waals surface area contributed by atoms with Crippen LogP contribution in [0.3, 0.4) is 0 Å². The van der Waals surface area contributed by atoms with E-state index >= 15 is 0 Å². The highest BCUT2D eigenvalue weighted by Crippen LogP contribution is 2.33. The average molecular weight is 378 g/mol. The van der Waals surface area contributed by atoms with Crippen molar-refractivity contribution in [1.82, 2.24) is 14.5 Å². The van der Waals surface area contributed by atoms with Crippen molar-refractivity contribution < 1.29 is 18.0 Å². The SMILES string of the molecule is Cn1c(Cl)nc(Cl)c1CN1CC(c2cc(F)cc(F)c2F)CC1=O. The number of carbonyl (C=O) groups excluding carboxylic acids is 1. The minimum atomic E-state index is -1.27. The minimum absolute atomic E-state index is 0.0387. The first-order valence-corrected chi connectivity index (χ1v) is 7.82. The number of aromatic nitrogens is 2. The van der Waals surface area contributed by atoms with Gasteiger partial charge in [0.25, 0.3) is 0 Å². The molecule has 128 valence electrons. The molecule has 0 radical (unpaired) electrons. The molecule has 4 nitrogen and oxygen atoms in total. The lowest BCUT2D eigenvalue weighted by molar-refractivity contribution is -0.128. The molecule has 2 heterocycles. The van der Waals surface area contributed by atoms with Crippen LogP contribution in [0.15, 0.2) is 12.1 Å². The number of halogens is 5. The molecule has 1 fully saturated rings. The van der Waals surface area contributed by atoms with Gasteiger partial charge in [0.2, 0.25) is 11.2 Å². The Hall–Kier alpha value is -1.73. The largest absolute Gasteiger partial charge is 0.336 e. The van der Waals surface area contributed by atoms with E-state index < -0.39 is 23.4 Å². The Bertz CT molecular complexity index is 825. The Morgan fingerprint density at radius 2 is 2.00 bits per heavy atom. The van der Waals surface area contributed by atoms with E-state index in [0.717, 1.165) is 6.07 Å². The number of benzene rings is 1. The molecule has 3 rings (SSSR count). The molecule has 0 bridgehead atoms. The molecule has 0 N–H and O–H groups in total.